The zero-order valence-electron chi connectivity index (χ0n) is 17.0. The number of nitrogens with one attached hydrogen (secondary N) is 3. The normalized spacial score (nSPS) is 11.2. The summed E-state index contributed by atoms with van der Waals surface area (Å²) in [5.74, 6) is -0.318. The van der Waals surface area contributed by atoms with Crippen LogP contribution in [-0.2, 0) is 17.5 Å². The minimum Gasteiger partial charge on any atom is -0.323 e. The first kappa shape index (κ1) is 21.7. The van der Waals surface area contributed by atoms with E-state index in [2.05, 4.69) is 42.5 Å². The summed E-state index contributed by atoms with van der Waals surface area (Å²) in [6, 6.07) is 8.58. The molecule has 0 spiro atoms. The van der Waals surface area contributed by atoms with Crippen LogP contribution in [0.5, 0.6) is 0 Å². The van der Waals surface area contributed by atoms with Crippen LogP contribution in [0, 0.1) is 0 Å². The number of amides is 1. The number of hydrogen-bond donors (Lipinski definition) is 3. The van der Waals surface area contributed by atoms with Gasteiger partial charge in [0.05, 0.1) is 24.1 Å². The molecule has 0 saturated heterocycles. The van der Waals surface area contributed by atoms with E-state index in [0.717, 1.165) is 11.8 Å². The highest BCUT2D eigenvalue weighted by molar-refractivity contribution is 5.98. The van der Waals surface area contributed by atoms with Gasteiger partial charge in [-0.1, -0.05) is 18.7 Å². The van der Waals surface area contributed by atoms with E-state index in [0.29, 0.717) is 17.9 Å². The van der Waals surface area contributed by atoms with Crippen molar-refractivity contribution in [2.45, 2.75) is 12.7 Å². The van der Waals surface area contributed by atoms with Gasteiger partial charge in [-0.25, -0.2) is 9.97 Å². The number of rotatable bonds is 7. The standard InChI is InChI=1S/C21H17F3N8O/c1-2-18(33)28-14-5-3-13(4-6-14)11-32-12-15(9-27-32)29-20-25-10-16(21(22,23)24)19(30-20)17-7-8-26-31-17/h2-10,12H,1,11H2,(H,26,31)(H,28,33)(H,25,29,30). The van der Waals surface area contributed by atoms with Crippen LogP contribution in [-0.4, -0.2) is 35.9 Å². The van der Waals surface area contributed by atoms with Crippen molar-refractivity contribution in [3.05, 3.63) is 78.9 Å². The molecule has 0 radical (unpaired) electrons. The number of alkyl halides is 3. The van der Waals surface area contributed by atoms with E-state index in [1.807, 2.05) is 12.1 Å². The van der Waals surface area contributed by atoms with Gasteiger partial charge in [-0.15, -0.1) is 0 Å². The predicted octanol–water partition coefficient (Wildman–Crippen LogP) is 4.00. The van der Waals surface area contributed by atoms with Gasteiger partial charge in [0.2, 0.25) is 11.9 Å². The minimum absolute atomic E-state index is 0.0190. The molecule has 3 N–H and O–H groups in total. The Labute approximate surface area is 185 Å². The van der Waals surface area contributed by atoms with Crippen molar-refractivity contribution in [2.75, 3.05) is 10.6 Å². The Morgan fingerprint density at radius 2 is 1.94 bits per heavy atom. The average Bonchev–Trinajstić information content (AvgIpc) is 3.47. The van der Waals surface area contributed by atoms with Crippen LogP contribution in [0.4, 0.5) is 30.5 Å². The monoisotopic (exact) mass is 454 g/mol. The van der Waals surface area contributed by atoms with Gasteiger partial charge in [0.25, 0.3) is 0 Å². The summed E-state index contributed by atoms with van der Waals surface area (Å²) in [5, 5.41) is 16.0. The fraction of sp³-hybridized carbons (Fsp3) is 0.0952. The lowest BCUT2D eigenvalue weighted by Gasteiger charge is -2.12. The first-order valence-corrected chi connectivity index (χ1v) is 9.57. The number of halogens is 3. The lowest BCUT2D eigenvalue weighted by Crippen LogP contribution is -2.11. The van der Waals surface area contributed by atoms with E-state index < -0.39 is 11.7 Å². The Balaban J connectivity index is 1.48. The molecule has 0 atom stereocenters. The Morgan fingerprint density at radius 3 is 2.61 bits per heavy atom. The van der Waals surface area contributed by atoms with E-state index in [4.69, 9.17) is 0 Å². The molecule has 1 amide bonds. The first-order chi connectivity index (χ1) is 15.8. The van der Waals surface area contributed by atoms with E-state index in [1.165, 1.54) is 24.5 Å². The largest absolute Gasteiger partial charge is 0.420 e. The van der Waals surface area contributed by atoms with Crippen LogP contribution >= 0.6 is 0 Å². The van der Waals surface area contributed by atoms with Gasteiger partial charge in [0.1, 0.15) is 11.3 Å². The third-order valence-corrected chi connectivity index (χ3v) is 4.49. The van der Waals surface area contributed by atoms with Crippen LogP contribution in [0.1, 0.15) is 11.1 Å². The number of aromatic nitrogens is 6. The highest BCUT2D eigenvalue weighted by Crippen LogP contribution is 2.35. The van der Waals surface area contributed by atoms with E-state index >= 15 is 0 Å². The van der Waals surface area contributed by atoms with Gasteiger partial charge >= 0.3 is 6.18 Å². The molecule has 33 heavy (non-hydrogen) atoms. The molecule has 0 aliphatic heterocycles. The second-order valence-corrected chi connectivity index (χ2v) is 6.87. The number of carbonyl (C=O) groups is 1. The summed E-state index contributed by atoms with van der Waals surface area (Å²) >= 11 is 0. The molecule has 0 aliphatic carbocycles. The SMILES string of the molecule is C=CC(=O)Nc1ccc(Cn2cc(Nc3ncc(C(F)(F)F)c(-c4ccn[nH]4)n3)cn2)cc1. The summed E-state index contributed by atoms with van der Waals surface area (Å²) in [6.07, 6.45) is 1.82. The number of anilines is 3. The summed E-state index contributed by atoms with van der Waals surface area (Å²) < 4.78 is 41.7. The predicted molar refractivity (Wildman–Crippen MR) is 114 cm³/mol. The van der Waals surface area contributed by atoms with Gasteiger partial charge in [0, 0.05) is 24.3 Å². The van der Waals surface area contributed by atoms with Crippen LogP contribution in [0.2, 0.25) is 0 Å². The summed E-state index contributed by atoms with van der Waals surface area (Å²) in [6.45, 7) is 3.84. The van der Waals surface area contributed by atoms with E-state index in [-0.39, 0.29) is 23.2 Å². The van der Waals surface area contributed by atoms with E-state index in [1.54, 1.807) is 23.0 Å². The van der Waals surface area contributed by atoms with Crippen LogP contribution in [0.25, 0.3) is 11.4 Å². The van der Waals surface area contributed by atoms with Gasteiger partial charge in [-0.2, -0.15) is 23.4 Å². The number of nitrogens with zero attached hydrogens (tertiary/aromatic N) is 5. The average molecular weight is 454 g/mol. The molecule has 0 saturated carbocycles. The molecule has 0 fully saturated rings. The Hall–Kier alpha value is -4.48. The molecule has 3 aromatic heterocycles. The first-order valence-electron chi connectivity index (χ1n) is 9.57. The maximum Gasteiger partial charge on any atom is 0.420 e. The van der Waals surface area contributed by atoms with Gasteiger partial charge in [0.15, 0.2) is 0 Å². The highest BCUT2D eigenvalue weighted by atomic mass is 19.4. The molecular weight excluding hydrogens is 437 g/mol. The molecule has 4 rings (SSSR count). The smallest absolute Gasteiger partial charge is 0.323 e. The second-order valence-electron chi connectivity index (χ2n) is 6.87. The Kier molecular flexibility index (Phi) is 5.89. The molecule has 0 bridgehead atoms. The molecule has 12 heteroatoms. The quantitative estimate of drug-likeness (QED) is 0.364. The second kappa shape index (κ2) is 8.94. The Morgan fingerprint density at radius 1 is 1.15 bits per heavy atom. The number of hydrogen-bond acceptors (Lipinski definition) is 6. The maximum absolute atomic E-state index is 13.3. The molecule has 0 aliphatic rings. The van der Waals surface area contributed by atoms with Crippen molar-refractivity contribution in [1.82, 2.24) is 29.9 Å². The highest BCUT2D eigenvalue weighted by Gasteiger charge is 2.35. The summed E-state index contributed by atoms with van der Waals surface area (Å²) in [7, 11) is 0. The van der Waals surface area contributed by atoms with Crippen LogP contribution in [0.15, 0.2) is 67.8 Å². The van der Waals surface area contributed by atoms with Crippen molar-refractivity contribution < 1.29 is 18.0 Å². The maximum atomic E-state index is 13.3. The fourth-order valence-electron chi connectivity index (χ4n) is 2.96. The topological polar surface area (TPSA) is 113 Å². The third-order valence-electron chi connectivity index (χ3n) is 4.49. The lowest BCUT2D eigenvalue weighted by atomic mass is 10.2. The molecule has 9 nitrogen and oxygen atoms in total. The van der Waals surface area contributed by atoms with Crippen molar-refractivity contribution in [2.24, 2.45) is 0 Å². The van der Waals surface area contributed by atoms with Crippen molar-refractivity contribution >= 4 is 23.2 Å². The summed E-state index contributed by atoms with van der Waals surface area (Å²) in [4.78, 5) is 19.2. The minimum atomic E-state index is -4.62. The van der Waals surface area contributed by atoms with Crippen molar-refractivity contribution in [3.8, 4) is 11.4 Å². The lowest BCUT2D eigenvalue weighted by molar-refractivity contribution is -0.137. The van der Waals surface area contributed by atoms with E-state index in [9.17, 15) is 18.0 Å². The van der Waals surface area contributed by atoms with Gasteiger partial charge in [-0.05, 0) is 29.8 Å². The fourth-order valence-corrected chi connectivity index (χ4v) is 2.96. The third kappa shape index (κ3) is 5.23. The summed E-state index contributed by atoms with van der Waals surface area (Å²) in [5.41, 5.74) is 0.901. The number of H-pyrrole nitrogens is 1. The van der Waals surface area contributed by atoms with Gasteiger partial charge in [-0.3, -0.25) is 14.6 Å². The molecule has 168 valence electrons. The van der Waals surface area contributed by atoms with Crippen molar-refractivity contribution in [1.29, 1.82) is 0 Å². The zero-order valence-corrected chi connectivity index (χ0v) is 17.0. The number of benzene rings is 1. The molecule has 4 aromatic rings. The molecule has 0 unspecified atom stereocenters. The van der Waals surface area contributed by atoms with Crippen LogP contribution < -0.4 is 10.6 Å². The van der Waals surface area contributed by atoms with Crippen LogP contribution in [0.3, 0.4) is 0 Å². The Bertz CT molecular complexity index is 1260. The molecule has 3 heterocycles. The number of carbonyl (C=O) groups excluding carboxylic acids is 1. The molecular formula is C21H17F3N8O. The number of aromatic amines is 1. The van der Waals surface area contributed by atoms with Crippen molar-refractivity contribution in [3.63, 3.8) is 0 Å². The van der Waals surface area contributed by atoms with Gasteiger partial charge < -0.3 is 10.6 Å². The zero-order chi connectivity index (χ0) is 23.4. The molecule has 1 aromatic carbocycles.